The van der Waals surface area contributed by atoms with E-state index in [0.29, 0.717) is 28.9 Å². The largest absolute Gasteiger partial charge is 0.479 e. The summed E-state index contributed by atoms with van der Waals surface area (Å²) in [6.07, 6.45) is -0.820. The van der Waals surface area contributed by atoms with Crippen LogP contribution in [0.1, 0.15) is 6.92 Å². The number of amides is 3. The molecule has 1 heterocycles. The van der Waals surface area contributed by atoms with E-state index in [9.17, 15) is 9.59 Å². The molecule has 0 aliphatic carbocycles. The molecule has 1 aromatic carbocycles. The number of urea groups is 1. The highest BCUT2D eigenvalue weighted by molar-refractivity contribution is 6.34. The minimum Gasteiger partial charge on any atom is -0.479 e. The van der Waals surface area contributed by atoms with Crippen molar-refractivity contribution >= 4 is 35.1 Å². The van der Waals surface area contributed by atoms with Crippen LogP contribution in [-0.4, -0.2) is 36.0 Å². The number of nitrogens with one attached hydrogen (secondary N) is 1. The van der Waals surface area contributed by atoms with Gasteiger partial charge in [-0.2, -0.15) is 0 Å². The lowest BCUT2D eigenvalue weighted by Gasteiger charge is -2.19. The summed E-state index contributed by atoms with van der Waals surface area (Å²) in [5.74, 6) is -0.0966. The van der Waals surface area contributed by atoms with Crippen molar-refractivity contribution in [2.75, 3.05) is 13.1 Å². The molecule has 0 spiro atoms. The van der Waals surface area contributed by atoms with Gasteiger partial charge >= 0.3 is 6.03 Å². The molecule has 102 valence electrons. The highest BCUT2D eigenvalue weighted by Gasteiger charge is 2.30. The number of ether oxygens (including phenoxy) is 1. The number of carbonyl (C=O) groups is 2. The second-order valence-electron chi connectivity index (χ2n) is 4.06. The Hall–Kier alpha value is -1.46. The van der Waals surface area contributed by atoms with Crippen LogP contribution >= 0.6 is 23.2 Å². The lowest BCUT2D eigenvalue weighted by atomic mass is 10.3. The maximum atomic E-state index is 12.0. The highest BCUT2D eigenvalue weighted by Crippen LogP contribution is 2.28. The number of rotatable bonds is 3. The van der Waals surface area contributed by atoms with Gasteiger partial charge in [0.15, 0.2) is 6.10 Å². The molecule has 0 saturated carbocycles. The maximum Gasteiger partial charge on any atom is 0.324 e. The van der Waals surface area contributed by atoms with Crippen LogP contribution in [0.5, 0.6) is 5.75 Å². The molecule has 0 radical (unpaired) electrons. The first-order valence-electron chi connectivity index (χ1n) is 5.70. The van der Waals surface area contributed by atoms with E-state index in [1.54, 1.807) is 19.1 Å². The Bertz CT molecular complexity index is 522. The number of imide groups is 1. The Balaban J connectivity index is 2.08. The van der Waals surface area contributed by atoms with Gasteiger partial charge < -0.3 is 10.1 Å². The van der Waals surface area contributed by atoms with Crippen LogP contribution in [0, 0.1) is 0 Å². The third-order valence-electron chi connectivity index (χ3n) is 2.67. The van der Waals surface area contributed by atoms with E-state index >= 15 is 0 Å². The molecule has 5 nitrogen and oxygen atoms in total. The fraction of sp³-hybridized carbons (Fsp3) is 0.333. The lowest BCUT2D eigenvalue weighted by molar-refractivity contribution is -0.134. The first-order chi connectivity index (χ1) is 8.99. The molecule has 1 aliphatic heterocycles. The van der Waals surface area contributed by atoms with E-state index in [0.717, 1.165) is 4.90 Å². The van der Waals surface area contributed by atoms with Crippen LogP contribution in [0.2, 0.25) is 10.0 Å². The van der Waals surface area contributed by atoms with Crippen molar-refractivity contribution in [1.82, 2.24) is 10.2 Å². The second kappa shape index (κ2) is 5.67. The summed E-state index contributed by atoms with van der Waals surface area (Å²) in [5, 5.41) is 3.37. The molecule has 1 atom stereocenters. The highest BCUT2D eigenvalue weighted by atomic mass is 35.5. The van der Waals surface area contributed by atoms with Crippen molar-refractivity contribution in [3.05, 3.63) is 28.2 Å². The van der Waals surface area contributed by atoms with E-state index in [2.05, 4.69) is 5.32 Å². The van der Waals surface area contributed by atoms with E-state index < -0.39 is 18.0 Å². The Morgan fingerprint density at radius 2 is 2.21 bits per heavy atom. The third kappa shape index (κ3) is 3.11. The Labute approximate surface area is 120 Å². The van der Waals surface area contributed by atoms with Gasteiger partial charge in [-0.3, -0.25) is 9.69 Å². The van der Waals surface area contributed by atoms with Crippen molar-refractivity contribution in [2.24, 2.45) is 0 Å². The molecule has 1 fully saturated rings. The van der Waals surface area contributed by atoms with E-state index in [-0.39, 0.29) is 0 Å². The average Bonchev–Trinajstić information content (AvgIpc) is 2.79. The Kier molecular flexibility index (Phi) is 4.17. The number of hydrogen-bond donors (Lipinski definition) is 1. The zero-order valence-electron chi connectivity index (χ0n) is 10.2. The summed E-state index contributed by atoms with van der Waals surface area (Å²) < 4.78 is 5.46. The van der Waals surface area contributed by atoms with Crippen LogP contribution in [-0.2, 0) is 4.79 Å². The Morgan fingerprint density at radius 3 is 2.84 bits per heavy atom. The zero-order valence-corrected chi connectivity index (χ0v) is 11.7. The van der Waals surface area contributed by atoms with Gasteiger partial charge in [0.2, 0.25) is 0 Å². The molecule has 1 unspecified atom stereocenters. The molecule has 1 aliphatic rings. The molecule has 3 amide bonds. The van der Waals surface area contributed by atoms with Gasteiger partial charge in [-0.1, -0.05) is 23.2 Å². The molecule has 1 aromatic rings. The van der Waals surface area contributed by atoms with Gasteiger partial charge in [0.1, 0.15) is 5.75 Å². The topological polar surface area (TPSA) is 58.6 Å². The molecule has 0 aromatic heterocycles. The number of halogens is 2. The standard InChI is InChI=1S/C12H12Cl2N2O3/c1-7(11(17)16-5-4-15-12(16)18)19-10-6-8(13)2-3-9(10)14/h2-3,6-7H,4-5H2,1H3,(H,15,18). The first kappa shape index (κ1) is 14.0. The normalized spacial score (nSPS) is 16.2. The smallest absolute Gasteiger partial charge is 0.324 e. The summed E-state index contributed by atoms with van der Waals surface area (Å²) in [4.78, 5) is 24.5. The van der Waals surface area contributed by atoms with Gasteiger partial charge in [-0.25, -0.2) is 4.79 Å². The van der Waals surface area contributed by atoms with Gasteiger partial charge in [0, 0.05) is 24.2 Å². The summed E-state index contributed by atoms with van der Waals surface area (Å²) in [5.41, 5.74) is 0. The van der Waals surface area contributed by atoms with Crippen LogP contribution in [0.4, 0.5) is 4.79 Å². The number of benzene rings is 1. The van der Waals surface area contributed by atoms with Crippen molar-refractivity contribution in [3.8, 4) is 5.75 Å². The van der Waals surface area contributed by atoms with Crippen molar-refractivity contribution in [3.63, 3.8) is 0 Å². The van der Waals surface area contributed by atoms with Crippen LogP contribution in [0.3, 0.4) is 0 Å². The second-order valence-corrected chi connectivity index (χ2v) is 4.90. The predicted octanol–water partition coefficient (Wildman–Crippen LogP) is 2.31. The minimum absolute atomic E-state index is 0.314. The average molecular weight is 303 g/mol. The molecule has 2 rings (SSSR count). The molecular formula is C12H12Cl2N2O3. The fourth-order valence-electron chi connectivity index (χ4n) is 1.71. The SMILES string of the molecule is CC(Oc1cc(Cl)ccc1Cl)C(=O)N1CCNC1=O. The summed E-state index contributed by atoms with van der Waals surface area (Å²) >= 11 is 11.8. The number of carbonyl (C=O) groups excluding carboxylic acids is 2. The predicted molar refractivity (Wildman–Crippen MR) is 71.7 cm³/mol. The summed E-state index contributed by atoms with van der Waals surface area (Å²) in [7, 11) is 0. The lowest BCUT2D eigenvalue weighted by Crippen LogP contribution is -2.42. The molecule has 0 bridgehead atoms. The van der Waals surface area contributed by atoms with Crippen molar-refractivity contribution in [2.45, 2.75) is 13.0 Å². The van der Waals surface area contributed by atoms with Gasteiger partial charge in [-0.15, -0.1) is 0 Å². The zero-order chi connectivity index (χ0) is 14.0. The van der Waals surface area contributed by atoms with Gasteiger partial charge in [0.05, 0.1) is 5.02 Å². The van der Waals surface area contributed by atoms with Gasteiger partial charge in [-0.05, 0) is 19.1 Å². The van der Waals surface area contributed by atoms with Crippen LogP contribution in [0.15, 0.2) is 18.2 Å². The molecular weight excluding hydrogens is 291 g/mol. The van der Waals surface area contributed by atoms with E-state index in [1.165, 1.54) is 6.07 Å². The summed E-state index contributed by atoms with van der Waals surface area (Å²) in [6, 6.07) is 4.33. The van der Waals surface area contributed by atoms with Crippen LogP contribution < -0.4 is 10.1 Å². The molecule has 7 heteroatoms. The number of hydrogen-bond acceptors (Lipinski definition) is 3. The molecule has 1 saturated heterocycles. The molecule has 19 heavy (non-hydrogen) atoms. The monoisotopic (exact) mass is 302 g/mol. The maximum absolute atomic E-state index is 12.0. The minimum atomic E-state index is -0.820. The van der Waals surface area contributed by atoms with E-state index in [4.69, 9.17) is 27.9 Å². The van der Waals surface area contributed by atoms with Crippen LogP contribution in [0.25, 0.3) is 0 Å². The summed E-state index contributed by atoms with van der Waals surface area (Å²) in [6.45, 7) is 2.36. The quantitative estimate of drug-likeness (QED) is 0.932. The number of nitrogens with zero attached hydrogens (tertiary/aromatic N) is 1. The third-order valence-corrected chi connectivity index (χ3v) is 3.21. The fourth-order valence-corrected chi connectivity index (χ4v) is 2.03. The van der Waals surface area contributed by atoms with E-state index in [1.807, 2.05) is 0 Å². The van der Waals surface area contributed by atoms with Crippen molar-refractivity contribution < 1.29 is 14.3 Å². The van der Waals surface area contributed by atoms with Gasteiger partial charge in [0.25, 0.3) is 5.91 Å². The molecule has 1 N–H and O–H groups in total. The first-order valence-corrected chi connectivity index (χ1v) is 6.45. The Morgan fingerprint density at radius 1 is 1.47 bits per heavy atom. The van der Waals surface area contributed by atoms with Crippen molar-refractivity contribution in [1.29, 1.82) is 0 Å².